The van der Waals surface area contributed by atoms with Crippen LogP contribution in [0.1, 0.15) is 12.8 Å². The van der Waals surface area contributed by atoms with Crippen LogP contribution in [0.2, 0.25) is 0 Å². The molecule has 1 unspecified atom stereocenters. The number of ether oxygens (including phenoxy) is 1. The predicted molar refractivity (Wildman–Crippen MR) is 62.2 cm³/mol. The number of amides is 1. The standard InChI is InChI=1S/C12H19N3O2/c13-3-5-14-4-1-2-11(10-14)12(16)15-6-8-17-9-7-15/h11H,1-2,4-10H2. The molecule has 0 bridgehead atoms. The quantitative estimate of drug-likeness (QED) is 0.638. The van der Waals surface area contributed by atoms with Gasteiger partial charge in [-0.05, 0) is 19.4 Å². The van der Waals surface area contributed by atoms with Crippen LogP contribution in [0.4, 0.5) is 0 Å². The van der Waals surface area contributed by atoms with Crippen molar-refractivity contribution in [3.63, 3.8) is 0 Å². The summed E-state index contributed by atoms with van der Waals surface area (Å²) in [5.74, 6) is 0.325. The molecule has 0 aliphatic carbocycles. The van der Waals surface area contributed by atoms with Crippen molar-refractivity contribution in [1.82, 2.24) is 9.80 Å². The van der Waals surface area contributed by atoms with Crippen LogP contribution in [-0.2, 0) is 9.53 Å². The SMILES string of the molecule is N#CCN1CCCC(C(=O)N2CCOCC2)C1. The van der Waals surface area contributed by atoms with Crippen molar-refractivity contribution in [2.75, 3.05) is 45.9 Å². The summed E-state index contributed by atoms with van der Waals surface area (Å²) >= 11 is 0. The molecule has 17 heavy (non-hydrogen) atoms. The maximum Gasteiger partial charge on any atom is 0.227 e. The fourth-order valence-electron chi connectivity index (χ4n) is 2.54. The number of hydrogen-bond acceptors (Lipinski definition) is 4. The molecule has 2 aliphatic rings. The number of nitrogens with zero attached hydrogens (tertiary/aromatic N) is 3. The number of carbonyl (C=O) groups excluding carboxylic acids is 1. The number of likely N-dealkylation sites (tertiary alicyclic amines) is 1. The Morgan fingerprint density at radius 2 is 2.12 bits per heavy atom. The lowest BCUT2D eigenvalue weighted by Gasteiger charge is -2.35. The molecule has 0 N–H and O–H groups in total. The summed E-state index contributed by atoms with van der Waals surface area (Å²) in [6.45, 7) is 4.86. The summed E-state index contributed by atoms with van der Waals surface area (Å²) in [7, 11) is 0. The molecule has 2 fully saturated rings. The van der Waals surface area contributed by atoms with Gasteiger partial charge in [0.2, 0.25) is 5.91 Å². The van der Waals surface area contributed by atoms with Crippen molar-refractivity contribution in [3.8, 4) is 6.07 Å². The zero-order valence-corrected chi connectivity index (χ0v) is 10.1. The molecule has 0 aromatic carbocycles. The molecule has 5 nitrogen and oxygen atoms in total. The van der Waals surface area contributed by atoms with Gasteiger partial charge < -0.3 is 9.64 Å². The molecule has 94 valence electrons. The Bertz CT molecular complexity index is 307. The number of carbonyl (C=O) groups is 1. The van der Waals surface area contributed by atoms with E-state index >= 15 is 0 Å². The predicted octanol–water partition coefficient (Wildman–Crippen LogP) is 0.0808. The van der Waals surface area contributed by atoms with E-state index in [1.807, 2.05) is 4.90 Å². The molecular weight excluding hydrogens is 218 g/mol. The first-order valence-corrected chi connectivity index (χ1v) is 6.27. The number of nitriles is 1. The third-order valence-corrected chi connectivity index (χ3v) is 3.47. The van der Waals surface area contributed by atoms with Crippen LogP contribution in [0.25, 0.3) is 0 Å². The minimum atomic E-state index is 0.0789. The summed E-state index contributed by atoms with van der Waals surface area (Å²) < 4.78 is 5.25. The lowest BCUT2D eigenvalue weighted by molar-refractivity contribution is -0.141. The highest BCUT2D eigenvalue weighted by Crippen LogP contribution is 2.19. The Kier molecular flexibility index (Phi) is 4.35. The minimum absolute atomic E-state index is 0.0789. The van der Waals surface area contributed by atoms with Crippen LogP contribution < -0.4 is 0 Å². The number of hydrogen-bond donors (Lipinski definition) is 0. The Hall–Kier alpha value is -1.12. The van der Waals surface area contributed by atoms with Gasteiger partial charge in [0, 0.05) is 19.6 Å². The first kappa shape index (κ1) is 12.3. The van der Waals surface area contributed by atoms with Crippen LogP contribution in [0.3, 0.4) is 0 Å². The monoisotopic (exact) mass is 237 g/mol. The molecule has 5 heteroatoms. The largest absolute Gasteiger partial charge is 0.378 e. The van der Waals surface area contributed by atoms with Gasteiger partial charge in [-0.2, -0.15) is 5.26 Å². The van der Waals surface area contributed by atoms with Gasteiger partial charge in [0.1, 0.15) is 0 Å². The zero-order valence-electron chi connectivity index (χ0n) is 10.1. The van der Waals surface area contributed by atoms with E-state index < -0.39 is 0 Å². The van der Waals surface area contributed by atoms with Crippen LogP contribution in [-0.4, -0.2) is 61.6 Å². The lowest BCUT2D eigenvalue weighted by atomic mass is 9.96. The van der Waals surface area contributed by atoms with Crippen molar-refractivity contribution in [1.29, 1.82) is 5.26 Å². The lowest BCUT2D eigenvalue weighted by Crippen LogP contribution is -2.48. The van der Waals surface area contributed by atoms with E-state index in [4.69, 9.17) is 10.00 Å². The summed E-state index contributed by atoms with van der Waals surface area (Å²) in [5.41, 5.74) is 0. The minimum Gasteiger partial charge on any atom is -0.378 e. The van der Waals surface area contributed by atoms with Crippen LogP contribution in [0.5, 0.6) is 0 Å². The molecule has 2 saturated heterocycles. The summed E-state index contributed by atoms with van der Waals surface area (Å²) in [6.07, 6.45) is 1.97. The highest BCUT2D eigenvalue weighted by molar-refractivity contribution is 5.79. The molecule has 0 radical (unpaired) electrons. The second kappa shape index (κ2) is 5.99. The normalized spacial score (nSPS) is 26.5. The van der Waals surface area contributed by atoms with Crippen molar-refractivity contribution in [3.05, 3.63) is 0 Å². The molecule has 0 saturated carbocycles. The van der Waals surface area contributed by atoms with Gasteiger partial charge in [0.25, 0.3) is 0 Å². The fraction of sp³-hybridized carbons (Fsp3) is 0.833. The van der Waals surface area contributed by atoms with E-state index in [9.17, 15) is 4.79 Å². The van der Waals surface area contributed by atoms with Crippen molar-refractivity contribution in [2.24, 2.45) is 5.92 Å². The summed E-state index contributed by atoms with van der Waals surface area (Å²) in [4.78, 5) is 16.2. The van der Waals surface area contributed by atoms with Gasteiger partial charge in [0.15, 0.2) is 0 Å². The molecule has 2 heterocycles. The van der Waals surface area contributed by atoms with E-state index in [-0.39, 0.29) is 11.8 Å². The topological polar surface area (TPSA) is 56.6 Å². The van der Waals surface area contributed by atoms with Crippen molar-refractivity contribution < 1.29 is 9.53 Å². The molecule has 0 spiro atoms. The van der Waals surface area contributed by atoms with Crippen molar-refractivity contribution >= 4 is 5.91 Å². The first-order chi connectivity index (χ1) is 8.31. The molecule has 2 rings (SSSR count). The van der Waals surface area contributed by atoms with E-state index in [2.05, 4.69) is 11.0 Å². The maximum atomic E-state index is 12.3. The van der Waals surface area contributed by atoms with Crippen LogP contribution >= 0.6 is 0 Å². The molecule has 1 atom stereocenters. The second-order valence-electron chi connectivity index (χ2n) is 4.67. The fourth-order valence-corrected chi connectivity index (χ4v) is 2.54. The van der Waals surface area contributed by atoms with Gasteiger partial charge in [-0.1, -0.05) is 0 Å². The van der Waals surface area contributed by atoms with Gasteiger partial charge in [0.05, 0.1) is 31.7 Å². The maximum absolute atomic E-state index is 12.3. The van der Waals surface area contributed by atoms with Gasteiger partial charge in [-0.3, -0.25) is 9.69 Å². The number of rotatable bonds is 2. The number of piperidine rings is 1. The highest BCUT2D eigenvalue weighted by Gasteiger charge is 2.29. The summed E-state index contributed by atoms with van der Waals surface area (Å²) in [5, 5.41) is 8.69. The highest BCUT2D eigenvalue weighted by atomic mass is 16.5. The number of morpholine rings is 1. The third-order valence-electron chi connectivity index (χ3n) is 3.47. The van der Waals surface area contributed by atoms with Crippen LogP contribution in [0.15, 0.2) is 0 Å². The van der Waals surface area contributed by atoms with Gasteiger partial charge >= 0.3 is 0 Å². The molecule has 0 aromatic rings. The van der Waals surface area contributed by atoms with E-state index in [0.717, 1.165) is 25.9 Å². The Labute approximate surface area is 102 Å². The molecule has 2 aliphatic heterocycles. The Morgan fingerprint density at radius 1 is 1.35 bits per heavy atom. The van der Waals surface area contributed by atoms with E-state index in [0.29, 0.717) is 32.8 Å². The van der Waals surface area contributed by atoms with Crippen LogP contribution in [0, 0.1) is 17.2 Å². The third kappa shape index (κ3) is 3.18. The second-order valence-corrected chi connectivity index (χ2v) is 4.67. The molecule has 0 aromatic heterocycles. The van der Waals surface area contributed by atoms with Gasteiger partial charge in [-0.15, -0.1) is 0 Å². The molecular formula is C12H19N3O2. The molecule has 1 amide bonds. The summed E-state index contributed by atoms with van der Waals surface area (Å²) in [6, 6.07) is 2.16. The van der Waals surface area contributed by atoms with Gasteiger partial charge in [-0.25, -0.2) is 0 Å². The smallest absolute Gasteiger partial charge is 0.227 e. The average Bonchev–Trinajstić information content (AvgIpc) is 2.40. The van der Waals surface area contributed by atoms with E-state index in [1.54, 1.807) is 0 Å². The first-order valence-electron chi connectivity index (χ1n) is 6.27. The average molecular weight is 237 g/mol. The Balaban J connectivity index is 1.87. The Morgan fingerprint density at radius 3 is 2.82 bits per heavy atom. The zero-order chi connectivity index (χ0) is 12.1. The van der Waals surface area contributed by atoms with Crippen molar-refractivity contribution in [2.45, 2.75) is 12.8 Å². The van der Waals surface area contributed by atoms with E-state index in [1.165, 1.54) is 0 Å².